The molecule has 0 atom stereocenters. The second-order valence-electron chi connectivity index (χ2n) is 6.98. The van der Waals surface area contributed by atoms with Crippen molar-refractivity contribution in [1.82, 2.24) is 10.3 Å². The van der Waals surface area contributed by atoms with E-state index in [0.717, 1.165) is 6.54 Å². The van der Waals surface area contributed by atoms with Crippen molar-refractivity contribution in [2.45, 2.75) is 71.8 Å². The van der Waals surface area contributed by atoms with E-state index in [9.17, 15) is 0 Å². The highest BCUT2D eigenvalue weighted by atomic mass is 32.1. The number of rotatable bonds is 4. The van der Waals surface area contributed by atoms with Crippen LogP contribution in [-0.2, 0) is 6.54 Å². The zero-order valence-corrected chi connectivity index (χ0v) is 13.9. The van der Waals surface area contributed by atoms with E-state index < -0.39 is 0 Å². The molecule has 0 saturated heterocycles. The summed E-state index contributed by atoms with van der Waals surface area (Å²) in [6, 6.07) is 0. The second kappa shape index (κ2) is 5.92. The Labute approximate surface area is 122 Å². The first-order chi connectivity index (χ1) is 8.93. The van der Waals surface area contributed by atoms with Crippen molar-refractivity contribution in [3.8, 4) is 0 Å². The molecule has 0 amide bonds. The van der Waals surface area contributed by atoms with Crippen LogP contribution in [-0.4, -0.2) is 12.0 Å². The quantitative estimate of drug-likeness (QED) is 0.867. The molecular formula is C16H28N2S. The number of nitrogens with one attached hydrogen (secondary N) is 1. The first-order valence-corrected chi connectivity index (χ1v) is 8.38. The minimum atomic E-state index is 0.536. The van der Waals surface area contributed by atoms with Gasteiger partial charge in [0.05, 0.1) is 10.7 Å². The van der Waals surface area contributed by atoms with Crippen molar-refractivity contribution in [3.05, 3.63) is 15.6 Å². The first kappa shape index (κ1) is 15.0. The molecule has 1 N–H and O–H groups in total. The Kier molecular flexibility index (Phi) is 4.67. The number of hydrogen-bond donors (Lipinski definition) is 1. The average molecular weight is 280 g/mol. The highest BCUT2D eigenvalue weighted by molar-refractivity contribution is 7.11. The molecule has 1 aliphatic rings. The Morgan fingerprint density at radius 3 is 2.47 bits per heavy atom. The van der Waals surface area contributed by atoms with E-state index in [1.54, 1.807) is 0 Å². The molecular weight excluding hydrogens is 252 g/mol. The average Bonchev–Trinajstić information content (AvgIpc) is 2.73. The van der Waals surface area contributed by atoms with Gasteiger partial charge in [-0.3, -0.25) is 0 Å². The summed E-state index contributed by atoms with van der Waals surface area (Å²) in [7, 11) is 2.02. The lowest BCUT2D eigenvalue weighted by molar-refractivity contribution is 0.224. The van der Waals surface area contributed by atoms with Gasteiger partial charge in [0.25, 0.3) is 0 Å². The molecule has 108 valence electrons. The maximum atomic E-state index is 4.98. The maximum Gasteiger partial charge on any atom is 0.0962 e. The van der Waals surface area contributed by atoms with Crippen LogP contribution >= 0.6 is 11.3 Å². The fourth-order valence-corrected chi connectivity index (χ4v) is 4.34. The molecule has 0 bridgehead atoms. The Morgan fingerprint density at radius 1 is 1.32 bits per heavy atom. The van der Waals surface area contributed by atoms with Crippen molar-refractivity contribution < 1.29 is 0 Å². The van der Waals surface area contributed by atoms with Gasteiger partial charge in [0.1, 0.15) is 0 Å². The molecule has 0 radical (unpaired) electrons. The maximum absolute atomic E-state index is 4.98. The fourth-order valence-electron chi connectivity index (χ4n) is 2.94. The lowest BCUT2D eigenvalue weighted by Crippen LogP contribution is -2.20. The van der Waals surface area contributed by atoms with Gasteiger partial charge in [-0.05, 0) is 44.1 Å². The van der Waals surface area contributed by atoms with Crippen LogP contribution in [0.25, 0.3) is 0 Å². The van der Waals surface area contributed by atoms with Gasteiger partial charge in [-0.25, -0.2) is 4.98 Å². The van der Waals surface area contributed by atoms with Gasteiger partial charge in [0.2, 0.25) is 0 Å². The summed E-state index contributed by atoms with van der Waals surface area (Å²) >= 11 is 1.95. The van der Waals surface area contributed by atoms with E-state index >= 15 is 0 Å². The van der Waals surface area contributed by atoms with Crippen LogP contribution in [0.1, 0.15) is 80.8 Å². The zero-order valence-electron chi connectivity index (χ0n) is 13.0. The molecule has 1 aromatic rings. The summed E-state index contributed by atoms with van der Waals surface area (Å²) in [5.41, 5.74) is 1.86. The number of hydrogen-bond acceptors (Lipinski definition) is 3. The standard InChI is InChI=1S/C16H28N2S/c1-11(2)14-13(10-17-5)19-15(18-14)12-6-8-16(3,4)9-7-12/h11-12,17H,6-10H2,1-5H3. The van der Waals surface area contributed by atoms with Crippen molar-refractivity contribution in [1.29, 1.82) is 0 Å². The highest BCUT2D eigenvalue weighted by Gasteiger charge is 2.30. The molecule has 0 aliphatic heterocycles. The minimum Gasteiger partial charge on any atom is -0.315 e. The summed E-state index contributed by atoms with van der Waals surface area (Å²) in [6.45, 7) is 10.3. The van der Waals surface area contributed by atoms with Crippen LogP contribution in [0.4, 0.5) is 0 Å². The van der Waals surface area contributed by atoms with E-state index in [1.165, 1.54) is 41.3 Å². The van der Waals surface area contributed by atoms with Gasteiger partial charge in [0.15, 0.2) is 0 Å². The third kappa shape index (κ3) is 3.57. The Balaban J connectivity index is 2.15. The Morgan fingerprint density at radius 2 is 1.95 bits per heavy atom. The SMILES string of the molecule is CNCc1sc(C2CCC(C)(C)CC2)nc1C(C)C. The van der Waals surface area contributed by atoms with Crippen LogP contribution in [0.3, 0.4) is 0 Å². The topological polar surface area (TPSA) is 24.9 Å². The number of nitrogens with zero attached hydrogens (tertiary/aromatic N) is 1. The summed E-state index contributed by atoms with van der Waals surface area (Å²) in [4.78, 5) is 6.42. The number of thiazole rings is 1. The van der Waals surface area contributed by atoms with Gasteiger partial charge in [-0.2, -0.15) is 0 Å². The predicted octanol–water partition coefficient (Wildman–Crippen LogP) is 4.67. The van der Waals surface area contributed by atoms with Gasteiger partial charge < -0.3 is 5.32 Å². The molecule has 0 spiro atoms. The lowest BCUT2D eigenvalue weighted by Gasteiger charge is -2.33. The molecule has 3 heteroatoms. The zero-order chi connectivity index (χ0) is 14.0. The van der Waals surface area contributed by atoms with Crippen LogP contribution in [0.5, 0.6) is 0 Å². The summed E-state index contributed by atoms with van der Waals surface area (Å²) in [5.74, 6) is 1.24. The minimum absolute atomic E-state index is 0.536. The summed E-state index contributed by atoms with van der Waals surface area (Å²) in [5, 5.41) is 4.67. The molecule has 19 heavy (non-hydrogen) atoms. The van der Waals surface area contributed by atoms with E-state index in [-0.39, 0.29) is 0 Å². The molecule has 1 fully saturated rings. The first-order valence-electron chi connectivity index (χ1n) is 7.57. The van der Waals surface area contributed by atoms with Crippen molar-refractivity contribution in [3.63, 3.8) is 0 Å². The Bertz CT molecular complexity index is 410. The highest BCUT2D eigenvalue weighted by Crippen LogP contribution is 2.44. The molecule has 2 rings (SSSR count). The number of aromatic nitrogens is 1. The lowest BCUT2D eigenvalue weighted by atomic mass is 9.73. The fraction of sp³-hybridized carbons (Fsp3) is 0.812. The second-order valence-corrected chi connectivity index (χ2v) is 8.10. The monoisotopic (exact) mass is 280 g/mol. The van der Waals surface area contributed by atoms with Gasteiger partial charge in [0, 0.05) is 17.3 Å². The van der Waals surface area contributed by atoms with Crippen LogP contribution in [0, 0.1) is 5.41 Å². The van der Waals surface area contributed by atoms with Crippen molar-refractivity contribution in [2.75, 3.05) is 7.05 Å². The third-order valence-electron chi connectivity index (χ3n) is 4.32. The van der Waals surface area contributed by atoms with E-state index in [1.807, 2.05) is 18.4 Å². The van der Waals surface area contributed by atoms with Gasteiger partial charge in [-0.1, -0.05) is 27.7 Å². The predicted molar refractivity (Wildman–Crippen MR) is 84.0 cm³/mol. The van der Waals surface area contributed by atoms with Crippen molar-refractivity contribution in [2.24, 2.45) is 5.41 Å². The summed E-state index contributed by atoms with van der Waals surface area (Å²) in [6.07, 6.45) is 5.32. The van der Waals surface area contributed by atoms with Crippen molar-refractivity contribution >= 4 is 11.3 Å². The summed E-state index contributed by atoms with van der Waals surface area (Å²) < 4.78 is 0. The smallest absolute Gasteiger partial charge is 0.0962 e. The van der Waals surface area contributed by atoms with Gasteiger partial charge >= 0.3 is 0 Å². The largest absolute Gasteiger partial charge is 0.315 e. The van der Waals surface area contributed by atoms with Crippen LogP contribution in [0.15, 0.2) is 0 Å². The molecule has 0 aromatic carbocycles. The molecule has 1 aliphatic carbocycles. The molecule has 2 nitrogen and oxygen atoms in total. The molecule has 1 heterocycles. The molecule has 1 saturated carbocycles. The van der Waals surface area contributed by atoms with E-state index in [4.69, 9.17) is 4.98 Å². The normalized spacial score (nSPS) is 20.1. The Hall–Kier alpha value is -0.410. The molecule has 1 aromatic heterocycles. The van der Waals surface area contributed by atoms with E-state index in [0.29, 0.717) is 17.3 Å². The van der Waals surface area contributed by atoms with E-state index in [2.05, 4.69) is 33.0 Å². The van der Waals surface area contributed by atoms with Crippen LogP contribution in [0.2, 0.25) is 0 Å². The van der Waals surface area contributed by atoms with Gasteiger partial charge in [-0.15, -0.1) is 11.3 Å². The third-order valence-corrected chi connectivity index (χ3v) is 5.55. The van der Waals surface area contributed by atoms with Crippen LogP contribution < -0.4 is 5.32 Å². The molecule has 0 unspecified atom stereocenters.